The van der Waals surface area contributed by atoms with Crippen LogP contribution >= 0.6 is 0 Å². The average molecular weight is 461 g/mol. The van der Waals surface area contributed by atoms with Crippen molar-refractivity contribution < 1.29 is 28.1 Å². The summed E-state index contributed by atoms with van der Waals surface area (Å²) in [6.45, 7) is 5.29. The maximum Gasteiger partial charge on any atom is 0.261 e. The molecular formula is C23H28N2O6S. The number of benzene rings is 2. The molecule has 172 valence electrons. The Bertz CT molecular complexity index is 1020. The van der Waals surface area contributed by atoms with Gasteiger partial charge in [-0.1, -0.05) is 12.1 Å². The predicted molar refractivity (Wildman–Crippen MR) is 124 cm³/mol. The molecule has 1 unspecified atom stereocenters. The van der Waals surface area contributed by atoms with E-state index in [0.717, 1.165) is 4.90 Å². The Morgan fingerprint density at radius 2 is 1.94 bits per heavy atom. The van der Waals surface area contributed by atoms with E-state index in [-0.39, 0.29) is 17.2 Å². The molecule has 9 heteroatoms. The van der Waals surface area contributed by atoms with E-state index in [4.69, 9.17) is 9.47 Å². The molecule has 2 aromatic carbocycles. The number of imide groups is 1. The molecule has 0 aliphatic rings. The summed E-state index contributed by atoms with van der Waals surface area (Å²) >= 11 is 0. The van der Waals surface area contributed by atoms with Crippen LogP contribution in [0.5, 0.6) is 11.5 Å². The second-order valence-electron chi connectivity index (χ2n) is 7.08. The SMILES string of the molecule is CCOc1cc([C@@H](CS(C)=O)N(C=O)C(=O)c2cccc(NC(C)=O)c2C)ccc1OC. The molecule has 0 aliphatic carbocycles. The summed E-state index contributed by atoms with van der Waals surface area (Å²) in [6.07, 6.45) is 1.95. The van der Waals surface area contributed by atoms with Crippen LogP contribution in [0.2, 0.25) is 0 Å². The Kier molecular flexibility index (Phi) is 8.95. The van der Waals surface area contributed by atoms with Crippen molar-refractivity contribution in [1.29, 1.82) is 0 Å². The number of methoxy groups -OCH3 is 1. The lowest BCUT2D eigenvalue weighted by Gasteiger charge is -2.28. The lowest BCUT2D eigenvalue weighted by atomic mass is 10.0. The molecule has 8 nitrogen and oxygen atoms in total. The molecule has 0 saturated heterocycles. The highest BCUT2D eigenvalue weighted by Gasteiger charge is 2.29. The number of amides is 3. The van der Waals surface area contributed by atoms with E-state index in [2.05, 4.69) is 5.32 Å². The van der Waals surface area contributed by atoms with Gasteiger partial charge in [0.05, 0.1) is 19.8 Å². The van der Waals surface area contributed by atoms with Crippen molar-refractivity contribution in [2.45, 2.75) is 26.8 Å². The molecular weight excluding hydrogens is 432 g/mol. The smallest absolute Gasteiger partial charge is 0.261 e. The maximum atomic E-state index is 13.4. The molecule has 2 rings (SSSR count). The Labute approximate surface area is 190 Å². The first-order valence-corrected chi connectivity index (χ1v) is 11.7. The molecule has 1 N–H and O–H groups in total. The molecule has 0 bridgehead atoms. The fraction of sp³-hybridized carbons (Fsp3) is 0.348. The van der Waals surface area contributed by atoms with Crippen LogP contribution in [0.4, 0.5) is 5.69 Å². The molecule has 0 heterocycles. The van der Waals surface area contributed by atoms with Crippen molar-refractivity contribution in [3.05, 3.63) is 53.1 Å². The van der Waals surface area contributed by atoms with Crippen LogP contribution in [0.25, 0.3) is 0 Å². The van der Waals surface area contributed by atoms with E-state index in [1.165, 1.54) is 20.3 Å². The highest BCUT2D eigenvalue weighted by molar-refractivity contribution is 7.84. The topological polar surface area (TPSA) is 102 Å². The second-order valence-corrected chi connectivity index (χ2v) is 8.56. The molecule has 0 fully saturated rings. The van der Waals surface area contributed by atoms with E-state index >= 15 is 0 Å². The lowest BCUT2D eigenvalue weighted by Crippen LogP contribution is -2.37. The zero-order valence-corrected chi connectivity index (χ0v) is 19.7. The van der Waals surface area contributed by atoms with Crippen molar-refractivity contribution in [2.75, 3.05) is 31.0 Å². The Morgan fingerprint density at radius 1 is 1.22 bits per heavy atom. The highest BCUT2D eigenvalue weighted by atomic mass is 32.2. The Morgan fingerprint density at radius 3 is 2.50 bits per heavy atom. The van der Waals surface area contributed by atoms with Gasteiger partial charge in [-0.25, -0.2) is 0 Å². The predicted octanol–water partition coefficient (Wildman–Crippen LogP) is 3.08. The van der Waals surface area contributed by atoms with Gasteiger partial charge in [-0.3, -0.25) is 23.5 Å². The lowest BCUT2D eigenvalue weighted by molar-refractivity contribution is -0.117. The van der Waals surface area contributed by atoms with Crippen LogP contribution in [0.1, 0.15) is 41.4 Å². The third kappa shape index (κ3) is 5.94. The third-order valence-corrected chi connectivity index (χ3v) is 5.61. The Balaban J connectivity index is 2.53. The van der Waals surface area contributed by atoms with Crippen LogP contribution in [0.3, 0.4) is 0 Å². The molecule has 3 amide bonds. The van der Waals surface area contributed by atoms with Crippen molar-refractivity contribution in [3.63, 3.8) is 0 Å². The van der Waals surface area contributed by atoms with E-state index in [9.17, 15) is 18.6 Å². The molecule has 0 aliphatic heterocycles. The number of nitrogens with one attached hydrogen (secondary N) is 1. The summed E-state index contributed by atoms with van der Waals surface area (Å²) in [5.74, 6) is 0.184. The summed E-state index contributed by atoms with van der Waals surface area (Å²) in [4.78, 5) is 38.0. The number of nitrogens with zero attached hydrogens (tertiary/aromatic N) is 1. The van der Waals surface area contributed by atoms with Crippen LogP contribution < -0.4 is 14.8 Å². The van der Waals surface area contributed by atoms with Gasteiger partial charge >= 0.3 is 0 Å². The molecule has 32 heavy (non-hydrogen) atoms. The fourth-order valence-electron chi connectivity index (χ4n) is 3.32. The first-order valence-electron chi connectivity index (χ1n) is 9.99. The molecule has 0 spiro atoms. The minimum Gasteiger partial charge on any atom is -0.493 e. The standard InChI is InChI=1S/C23H28N2O6S/c1-6-31-22-12-17(10-11-21(22)30-4)20(13-32(5)29)25(14-26)23(28)18-8-7-9-19(15(18)2)24-16(3)27/h7-12,14,20H,6,13H2,1-5H3,(H,24,27)/t20-,32?/m1/s1. The number of hydrogen-bond donors (Lipinski definition) is 1. The molecule has 0 radical (unpaired) electrons. The summed E-state index contributed by atoms with van der Waals surface area (Å²) < 4.78 is 23.1. The van der Waals surface area contributed by atoms with Gasteiger partial charge in [-0.15, -0.1) is 0 Å². The van der Waals surface area contributed by atoms with Crippen molar-refractivity contribution in [2.24, 2.45) is 0 Å². The van der Waals surface area contributed by atoms with Gasteiger partial charge in [-0.05, 0) is 49.2 Å². The number of rotatable bonds is 10. The normalized spacial score (nSPS) is 12.4. The molecule has 0 saturated carbocycles. The number of carbonyl (C=O) groups excluding carboxylic acids is 3. The van der Waals surface area contributed by atoms with Crippen LogP contribution in [0, 0.1) is 6.92 Å². The maximum absolute atomic E-state index is 13.4. The van der Waals surface area contributed by atoms with Gasteiger partial charge < -0.3 is 14.8 Å². The van der Waals surface area contributed by atoms with Gasteiger partial charge in [0.25, 0.3) is 5.91 Å². The zero-order valence-electron chi connectivity index (χ0n) is 18.8. The quantitative estimate of drug-likeness (QED) is 0.547. The fourth-order valence-corrected chi connectivity index (χ4v) is 4.12. The molecule has 0 aromatic heterocycles. The summed E-state index contributed by atoms with van der Waals surface area (Å²) in [5, 5.41) is 2.68. The van der Waals surface area contributed by atoms with Gasteiger partial charge in [0.15, 0.2) is 11.5 Å². The van der Waals surface area contributed by atoms with Crippen LogP contribution in [-0.2, 0) is 20.4 Å². The largest absolute Gasteiger partial charge is 0.493 e. The number of anilines is 1. The second kappa shape index (κ2) is 11.4. The third-order valence-electron chi connectivity index (χ3n) is 4.82. The average Bonchev–Trinajstić information content (AvgIpc) is 2.74. The van der Waals surface area contributed by atoms with Crippen molar-refractivity contribution in [1.82, 2.24) is 4.90 Å². The number of hydrogen-bond acceptors (Lipinski definition) is 6. The first kappa shape index (κ1) is 25.1. The first-order chi connectivity index (χ1) is 15.2. The van der Waals surface area contributed by atoms with E-state index in [1.807, 2.05) is 6.92 Å². The summed E-state index contributed by atoms with van der Waals surface area (Å²) in [5.41, 5.74) is 1.85. The number of ether oxygens (including phenoxy) is 2. The van der Waals surface area contributed by atoms with E-state index in [1.54, 1.807) is 43.3 Å². The minimum atomic E-state index is -1.31. The van der Waals surface area contributed by atoms with Crippen molar-refractivity contribution in [3.8, 4) is 11.5 Å². The monoisotopic (exact) mass is 460 g/mol. The van der Waals surface area contributed by atoms with Crippen molar-refractivity contribution >= 4 is 34.7 Å². The van der Waals surface area contributed by atoms with Gasteiger partial charge in [0, 0.05) is 41.0 Å². The van der Waals surface area contributed by atoms with Crippen LogP contribution in [-0.4, -0.2) is 53.1 Å². The summed E-state index contributed by atoms with van der Waals surface area (Å²) in [6, 6.07) is 9.17. The zero-order chi connectivity index (χ0) is 23.8. The van der Waals surface area contributed by atoms with Gasteiger partial charge in [0.1, 0.15) is 0 Å². The van der Waals surface area contributed by atoms with Gasteiger partial charge in [0.2, 0.25) is 12.3 Å². The summed E-state index contributed by atoms with van der Waals surface area (Å²) in [7, 11) is 0.208. The number of carbonyl (C=O) groups is 3. The molecule has 2 aromatic rings. The van der Waals surface area contributed by atoms with E-state index in [0.29, 0.717) is 41.3 Å². The highest BCUT2D eigenvalue weighted by Crippen LogP contribution is 2.33. The van der Waals surface area contributed by atoms with Gasteiger partial charge in [-0.2, -0.15) is 0 Å². The van der Waals surface area contributed by atoms with E-state index < -0.39 is 22.7 Å². The minimum absolute atomic E-state index is 0.0484. The Hall–Kier alpha value is -3.20. The van der Waals surface area contributed by atoms with Crippen LogP contribution in [0.15, 0.2) is 36.4 Å². The molecule has 2 atom stereocenters.